The Labute approximate surface area is 709 Å². The fraction of sp³-hybridized carbons (Fsp3) is 0.0345. The first-order chi connectivity index (χ1) is 58.5. The lowest BCUT2D eigenvalue weighted by atomic mass is 10.2. The van der Waals surface area contributed by atoms with Gasteiger partial charge >= 0.3 is 0 Å². The standard InChI is InChI=1S/C19H16N6O2.C17H12ClN5O.C17H13N5O.2C17H15N5O.14H2/c1-11(26)22-12-5-4-6-13(9-12)27-16-10-21-18(20)17(25-16)19-23-14-7-2-3-8-15(14)24-19;18-10-4-3-5-11(8-10)24-14-9-20-16(19)15(23-14)17-21-12-6-1-2-7-13(12)22-17;18-16-15(17-20-12-8-4-5-9-13(12)21-17)22-14(10-19-16)23-11-6-2-1-3-7-11;1-12-16(17(23)21-13-6-3-2-4-7-13)22-15(11-19-12)20-14-8-5-9-18-10-14;1-12-16(17(23)21-13-5-3-2-4-6-13)22-15(11-19-12)20-14-7-9-18-10-8-14;;;;;;;;;;;;;;/h2-10H,1H3,(H2,20,21)(H,22,26)(H,23,24);1-9H,(H2,19,20)(H,21,22);1-10H,(H2,18,19)(H,20,21);2-11H,1H3,(H,20,22)(H,21,23);2-11H,1H3,(H,21,23)(H,18,20,22);14*1H. The van der Waals surface area contributed by atoms with E-state index < -0.39 is 0 Å². The van der Waals surface area contributed by atoms with Crippen LogP contribution in [0.4, 0.5) is 57.5 Å². The first-order valence-electron chi connectivity index (χ1n) is 36.7. The van der Waals surface area contributed by atoms with Gasteiger partial charge in [0.1, 0.15) is 28.9 Å². The predicted molar refractivity (Wildman–Crippen MR) is 490 cm³/mol. The fourth-order valence-electron chi connectivity index (χ4n) is 11.3. The van der Waals surface area contributed by atoms with E-state index in [9.17, 15) is 14.4 Å². The number of fused-ring (bicyclic) bond motifs is 3. The van der Waals surface area contributed by atoms with E-state index in [1.165, 1.54) is 25.5 Å². The molecule has 0 atom stereocenters. The highest BCUT2D eigenvalue weighted by atomic mass is 35.5. The number of benzene rings is 8. The van der Waals surface area contributed by atoms with Gasteiger partial charge in [0.25, 0.3) is 11.8 Å². The van der Waals surface area contributed by atoms with Gasteiger partial charge in [-0.05, 0) is 141 Å². The summed E-state index contributed by atoms with van der Waals surface area (Å²) in [7, 11) is 0. The van der Waals surface area contributed by atoms with Crippen molar-refractivity contribution >= 4 is 120 Å². The van der Waals surface area contributed by atoms with E-state index in [2.05, 4.69) is 116 Å². The van der Waals surface area contributed by atoms with Gasteiger partial charge in [0, 0.05) is 79.3 Å². The number of aromatic amines is 3. The number of nitrogens with one attached hydrogen (secondary N) is 8. The molecule has 33 heteroatoms. The molecule has 0 spiro atoms. The Morgan fingerprint density at radius 2 is 0.750 bits per heavy atom. The van der Waals surface area contributed by atoms with E-state index in [0.29, 0.717) is 114 Å². The minimum Gasteiger partial charge on any atom is -0.437 e. The van der Waals surface area contributed by atoms with Crippen molar-refractivity contribution in [2.24, 2.45) is 0 Å². The molecule has 0 radical (unpaired) electrons. The molecule has 8 aromatic carbocycles. The van der Waals surface area contributed by atoms with Gasteiger partial charge in [-0.2, -0.15) is 0 Å². The molecule has 0 bridgehead atoms. The minimum atomic E-state index is -0.295. The molecular formula is C87H99ClN26O6. The van der Waals surface area contributed by atoms with Crippen LogP contribution in [-0.4, -0.2) is 107 Å². The van der Waals surface area contributed by atoms with Crippen LogP contribution in [-0.2, 0) is 4.79 Å². The minimum absolute atomic E-state index is 0. The summed E-state index contributed by atoms with van der Waals surface area (Å²) < 4.78 is 17.2. The summed E-state index contributed by atoms with van der Waals surface area (Å²) in [6.45, 7) is 4.95. The Bertz CT molecular complexity index is 6400. The van der Waals surface area contributed by atoms with Gasteiger partial charge < -0.3 is 72.9 Å². The van der Waals surface area contributed by atoms with Crippen molar-refractivity contribution in [1.29, 1.82) is 0 Å². The lowest BCUT2D eigenvalue weighted by Gasteiger charge is -2.09. The summed E-state index contributed by atoms with van der Waals surface area (Å²) in [5.41, 5.74) is 29.7. The number of rotatable bonds is 18. The molecule has 0 saturated carbocycles. The largest absolute Gasteiger partial charge is 0.437 e. The zero-order valence-electron chi connectivity index (χ0n) is 64.0. The van der Waals surface area contributed by atoms with E-state index in [-0.39, 0.29) is 66.6 Å². The number of amides is 3. The van der Waals surface area contributed by atoms with E-state index in [0.717, 1.165) is 44.5 Å². The van der Waals surface area contributed by atoms with Crippen molar-refractivity contribution in [3.8, 4) is 69.4 Å². The number of aryl methyl sites for hydroxylation is 2. The van der Waals surface area contributed by atoms with Crippen molar-refractivity contribution < 1.29 is 48.6 Å². The van der Waals surface area contributed by atoms with Gasteiger partial charge in [-0.3, -0.25) is 34.3 Å². The number of anilines is 10. The number of nitrogens with two attached hydrogens (primary N) is 3. The second-order valence-corrected chi connectivity index (χ2v) is 26.1. The predicted octanol–water partition coefficient (Wildman–Crippen LogP) is 20.6. The number of halogens is 1. The van der Waals surface area contributed by atoms with Crippen LogP contribution in [0.3, 0.4) is 0 Å². The summed E-state index contributed by atoms with van der Waals surface area (Å²) in [6, 6.07) is 72.2. The maximum absolute atomic E-state index is 12.4. The van der Waals surface area contributed by atoms with Crippen molar-refractivity contribution in [3.63, 3.8) is 0 Å². The molecule has 3 amide bonds. The summed E-state index contributed by atoms with van der Waals surface area (Å²) >= 11 is 5.96. The Balaban J connectivity index is 0.00000161. The molecule has 620 valence electrons. The van der Waals surface area contributed by atoms with Gasteiger partial charge in [-0.1, -0.05) is 115 Å². The highest BCUT2D eigenvalue weighted by molar-refractivity contribution is 6.30. The zero-order valence-corrected chi connectivity index (χ0v) is 64.7. The lowest BCUT2D eigenvalue weighted by Crippen LogP contribution is -2.16. The van der Waals surface area contributed by atoms with Crippen molar-refractivity contribution in [2.75, 3.05) is 43.8 Å². The SMILES string of the molecule is CC(=O)Nc1cccc(Oc2cnc(N)c(-c3nc4ccccc4[nH]3)n2)c1.Cc1ncc(Nc2cccnc2)nc1C(=O)Nc1ccccc1.Cc1ncc(Nc2ccncc2)nc1C(=O)Nc1ccccc1.Nc1ncc(Oc2cccc(Cl)c2)nc1-c1nc2ccccc2[nH]1.Nc1ncc(Oc2ccccc2)nc1-c1nc2ccccc2[nH]1.[HH].[HH].[HH].[HH].[HH].[HH].[HH].[HH].[HH].[HH].[HH].[HH].[HH].[HH]. The Hall–Kier alpha value is -17.0. The van der Waals surface area contributed by atoms with Gasteiger partial charge in [-0.15, -0.1) is 0 Å². The molecule has 18 aromatic rings. The number of imidazole rings is 3. The molecule has 0 unspecified atom stereocenters. The Kier molecular flexibility index (Phi) is 25.3. The normalized spacial score (nSPS) is 10.5. The number of carbonyl (C=O) groups excluding carboxylic acids is 3. The van der Waals surface area contributed by atoms with Crippen molar-refractivity contribution in [1.82, 2.24) is 89.7 Å². The maximum atomic E-state index is 12.4. The van der Waals surface area contributed by atoms with Crippen LogP contribution in [0.15, 0.2) is 292 Å². The molecule has 0 aliphatic rings. The summed E-state index contributed by atoms with van der Waals surface area (Å²) in [4.78, 5) is 110. The highest BCUT2D eigenvalue weighted by Gasteiger charge is 2.20. The number of H-pyrrole nitrogens is 3. The van der Waals surface area contributed by atoms with Gasteiger partial charge in [-0.25, -0.2) is 54.8 Å². The van der Waals surface area contributed by atoms with Crippen LogP contribution < -0.4 is 58.0 Å². The van der Waals surface area contributed by atoms with Crippen LogP contribution >= 0.6 is 11.6 Å². The van der Waals surface area contributed by atoms with Gasteiger partial charge in [0.15, 0.2) is 63.4 Å². The number of hydrogen-bond acceptors (Lipinski definition) is 26. The van der Waals surface area contributed by atoms with Crippen LogP contribution in [0.2, 0.25) is 5.02 Å². The van der Waals surface area contributed by atoms with Crippen LogP contribution in [0.1, 0.15) is 59.3 Å². The third kappa shape index (κ3) is 21.4. The number of para-hydroxylation sites is 9. The number of aromatic nitrogens is 18. The molecule has 0 saturated heterocycles. The molecule has 10 aromatic heterocycles. The molecule has 18 rings (SSSR count). The average Bonchev–Trinajstić information content (AvgIpc) is 1.67. The van der Waals surface area contributed by atoms with E-state index in [1.807, 2.05) is 188 Å². The molecule has 0 aliphatic heterocycles. The van der Waals surface area contributed by atoms with E-state index >= 15 is 0 Å². The Morgan fingerprint density at radius 3 is 1.18 bits per heavy atom. The van der Waals surface area contributed by atoms with Gasteiger partial charge in [0.05, 0.1) is 87.4 Å². The van der Waals surface area contributed by atoms with Crippen molar-refractivity contribution in [2.45, 2.75) is 20.8 Å². The molecule has 0 aliphatic carbocycles. The number of nitrogens with zero attached hydrogens (tertiary/aromatic N) is 15. The molecule has 14 N–H and O–H groups in total. The summed E-state index contributed by atoms with van der Waals surface area (Å²) in [6.07, 6.45) is 14.3. The number of hydrogen-bond donors (Lipinski definition) is 11. The quantitative estimate of drug-likeness (QED) is 0.0380. The van der Waals surface area contributed by atoms with Crippen molar-refractivity contribution in [3.05, 3.63) is 320 Å². The summed E-state index contributed by atoms with van der Waals surface area (Å²) in [5.74, 6) is 5.36. The molecule has 10 heterocycles. The number of ether oxygens (including phenoxy) is 3. The number of carbonyl (C=O) groups is 3. The van der Waals surface area contributed by atoms with E-state index in [4.69, 9.17) is 43.0 Å². The average molecular weight is 1640 g/mol. The lowest BCUT2D eigenvalue weighted by molar-refractivity contribution is -0.114. The fourth-order valence-corrected chi connectivity index (χ4v) is 11.5. The summed E-state index contributed by atoms with van der Waals surface area (Å²) in [5, 5.41) is 15.1. The van der Waals surface area contributed by atoms with Crippen LogP contribution in [0, 0.1) is 13.8 Å². The number of pyridine rings is 2. The molecule has 120 heavy (non-hydrogen) atoms. The van der Waals surface area contributed by atoms with Gasteiger partial charge in [0.2, 0.25) is 23.5 Å². The maximum Gasteiger partial charge on any atom is 0.276 e. The second-order valence-electron chi connectivity index (χ2n) is 25.7. The van der Waals surface area contributed by atoms with E-state index in [1.54, 1.807) is 99.6 Å². The second kappa shape index (κ2) is 38.2. The third-order valence-electron chi connectivity index (χ3n) is 16.8. The molecular weight excluding hydrogens is 1540 g/mol. The highest BCUT2D eigenvalue weighted by Crippen LogP contribution is 2.32. The molecule has 32 nitrogen and oxygen atoms in total. The van der Waals surface area contributed by atoms with Crippen LogP contribution in [0.5, 0.6) is 34.9 Å². The Morgan fingerprint density at radius 1 is 0.358 bits per heavy atom. The van der Waals surface area contributed by atoms with Crippen LogP contribution in [0.25, 0.3) is 67.7 Å². The topological polar surface area (TPSA) is 458 Å². The smallest absolute Gasteiger partial charge is 0.276 e. The third-order valence-corrected chi connectivity index (χ3v) is 17.1. The molecule has 0 fully saturated rings. The first kappa shape index (κ1) is 79.6. The number of nitrogen functional groups attached to an aromatic ring is 3. The first-order valence-corrected chi connectivity index (χ1v) is 37.1. The zero-order chi connectivity index (χ0) is 83.1. The monoisotopic (exact) mass is 1640 g/mol.